The van der Waals surface area contributed by atoms with Gasteiger partial charge in [-0.15, -0.1) is 11.3 Å². The monoisotopic (exact) mass is 338 g/mol. The highest BCUT2D eigenvalue weighted by atomic mass is 32.1. The van der Waals surface area contributed by atoms with Gasteiger partial charge in [0.15, 0.2) is 6.61 Å². The highest BCUT2D eigenvalue weighted by molar-refractivity contribution is 7.13. The molecule has 1 heterocycles. The molecule has 0 saturated heterocycles. The lowest BCUT2D eigenvalue weighted by Crippen LogP contribution is -2.28. The zero-order valence-corrected chi connectivity index (χ0v) is 14.2. The predicted octanol–water partition coefficient (Wildman–Crippen LogP) is 3.81. The van der Waals surface area contributed by atoms with E-state index in [0.29, 0.717) is 12.3 Å². The maximum absolute atomic E-state index is 11.8. The number of hydrogen-bond donors (Lipinski definition) is 1. The van der Waals surface area contributed by atoms with E-state index in [1.54, 1.807) is 11.3 Å². The van der Waals surface area contributed by atoms with Gasteiger partial charge in [0.05, 0.1) is 12.2 Å². The minimum absolute atomic E-state index is 0.00102. The van der Waals surface area contributed by atoms with E-state index >= 15 is 0 Å². The van der Waals surface area contributed by atoms with Crippen LogP contribution in [0.5, 0.6) is 5.75 Å². The average molecular weight is 338 g/mol. The molecule has 3 aromatic rings. The maximum atomic E-state index is 11.8. The zero-order chi connectivity index (χ0) is 16.8. The smallest absolute Gasteiger partial charge is 0.258 e. The average Bonchev–Trinajstić information content (AvgIpc) is 3.09. The fourth-order valence-corrected chi connectivity index (χ4v) is 2.95. The van der Waals surface area contributed by atoms with Gasteiger partial charge in [0, 0.05) is 10.9 Å². The van der Waals surface area contributed by atoms with Crippen LogP contribution in [0, 0.1) is 6.92 Å². The number of nitrogens with one attached hydrogen (secondary N) is 1. The number of hydrogen-bond acceptors (Lipinski definition) is 4. The van der Waals surface area contributed by atoms with Crippen LogP contribution in [0.1, 0.15) is 11.3 Å². The fourth-order valence-electron chi connectivity index (χ4n) is 2.12. The number of amides is 1. The van der Waals surface area contributed by atoms with Gasteiger partial charge in [-0.3, -0.25) is 4.79 Å². The third kappa shape index (κ3) is 4.43. The zero-order valence-electron chi connectivity index (χ0n) is 13.4. The lowest BCUT2D eigenvalue weighted by molar-refractivity contribution is -0.123. The quantitative estimate of drug-likeness (QED) is 0.743. The van der Waals surface area contributed by atoms with Crippen molar-refractivity contribution in [2.75, 3.05) is 6.61 Å². The summed E-state index contributed by atoms with van der Waals surface area (Å²) in [5.41, 5.74) is 3.17. The van der Waals surface area contributed by atoms with Crippen molar-refractivity contribution in [1.29, 1.82) is 0 Å². The largest absolute Gasteiger partial charge is 0.484 e. The summed E-state index contributed by atoms with van der Waals surface area (Å²) < 4.78 is 5.41. The Morgan fingerprint density at radius 3 is 2.62 bits per heavy atom. The minimum Gasteiger partial charge on any atom is -0.484 e. The summed E-state index contributed by atoms with van der Waals surface area (Å²) in [5, 5.41) is 5.75. The van der Waals surface area contributed by atoms with Gasteiger partial charge in [-0.05, 0) is 19.1 Å². The Morgan fingerprint density at radius 2 is 1.88 bits per heavy atom. The van der Waals surface area contributed by atoms with Gasteiger partial charge in [-0.1, -0.05) is 48.0 Å². The first-order valence-corrected chi connectivity index (χ1v) is 8.55. The second-order valence-electron chi connectivity index (χ2n) is 5.39. The first kappa shape index (κ1) is 16.2. The van der Waals surface area contributed by atoms with Crippen LogP contribution in [0.4, 0.5) is 0 Å². The number of aromatic nitrogens is 1. The fraction of sp³-hybridized carbons (Fsp3) is 0.158. The van der Waals surface area contributed by atoms with Crippen LogP contribution in [-0.4, -0.2) is 17.5 Å². The first-order valence-electron chi connectivity index (χ1n) is 7.67. The van der Waals surface area contributed by atoms with Crippen molar-refractivity contribution in [2.45, 2.75) is 13.5 Å². The van der Waals surface area contributed by atoms with E-state index in [-0.39, 0.29) is 12.5 Å². The first-order chi connectivity index (χ1) is 11.7. The summed E-state index contributed by atoms with van der Waals surface area (Å²) in [4.78, 5) is 16.4. The number of rotatable bonds is 6. The second kappa shape index (κ2) is 7.75. The lowest BCUT2D eigenvalue weighted by Gasteiger charge is -2.06. The molecule has 0 atom stereocenters. The van der Waals surface area contributed by atoms with Crippen molar-refractivity contribution < 1.29 is 9.53 Å². The molecule has 0 unspecified atom stereocenters. The summed E-state index contributed by atoms with van der Waals surface area (Å²) in [5.74, 6) is 0.520. The van der Waals surface area contributed by atoms with Crippen LogP contribution >= 0.6 is 11.3 Å². The summed E-state index contributed by atoms with van der Waals surface area (Å²) >= 11 is 1.58. The van der Waals surface area contributed by atoms with E-state index in [0.717, 1.165) is 16.3 Å². The van der Waals surface area contributed by atoms with E-state index in [1.807, 2.05) is 35.7 Å². The van der Waals surface area contributed by atoms with Gasteiger partial charge in [0.1, 0.15) is 10.8 Å². The summed E-state index contributed by atoms with van der Waals surface area (Å²) in [7, 11) is 0. The minimum atomic E-state index is -0.163. The second-order valence-corrected chi connectivity index (χ2v) is 6.25. The molecule has 0 aliphatic heterocycles. The van der Waals surface area contributed by atoms with Gasteiger partial charge < -0.3 is 10.1 Å². The number of nitrogens with zero attached hydrogens (tertiary/aromatic N) is 1. The van der Waals surface area contributed by atoms with Crippen LogP contribution in [0.2, 0.25) is 0 Å². The Balaban J connectivity index is 1.50. The molecule has 1 amide bonds. The number of benzene rings is 2. The van der Waals surface area contributed by atoms with E-state index in [2.05, 4.69) is 41.5 Å². The highest BCUT2D eigenvalue weighted by Crippen LogP contribution is 2.23. The highest BCUT2D eigenvalue weighted by Gasteiger charge is 2.07. The molecule has 4 nitrogen and oxygen atoms in total. The molecule has 24 heavy (non-hydrogen) atoms. The van der Waals surface area contributed by atoms with E-state index in [4.69, 9.17) is 4.74 Å². The molecule has 2 aromatic carbocycles. The lowest BCUT2D eigenvalue weighted by atomic mass is 10.2. The topological polar surface area (TPSA) is 51.2 Å². The normalized spacial score (nSPS) is 10.4. The van der Waals surface area contributed by atoms with E-state index < -0.39 is 0 Å². The van der Waals surface area contributed by atoms with Crippen molar-refractivity contribution in [3.63, 3.8) is 0 Å². The molecule has 0 saturated carbocycles. The summed E-state index contributed by atoms with van der Waals surface area (Å²) in [6.45, 7) is 2.46. The van der Waals surface area contributed by atoms with Crippen molar-refractivity contribution in [3.8, 4) is 16.3 Å². The molecule has 5 heteroatoms. The SMILES string of the molecule is Cc1ccc(-c2nc(CNC(=O)COc3ccccc3)cs2)cc1. The van der Waals surface area contributed by atoms with Crippen LogP contribution < -0.4 is 10.1 Å². The van der Waals surface area contributed by atoms with Crippen LogP contribution in [0.25, 0.3) is 10.6 Å². The molecule has 0 aliphatic carbocycles. The molecule has 1 N–H and O–H groups in total. The Labute approximate surface area is 145 Å². The predicted molar refractivity (Wildman–Crippen MR) is 96.1 cm³/mol. The third-order valence-corrected chi connectivity index (χ3v) is 4.37. The van der Waals surface area contributed by atoms with Crippen LogP contribution in [0.15, 0.2) is 60.0 Å². The molecule has 0 bridgehead atoms. The number of aryl methyl sites for hydroxylation is 1. The molecular formula is C19H18N2O2S. The van der Waals surface area contributed by atoms with Gasteiger partial charge in [-0.25, -0.2) is 4.98 Å². The summed E-state index contributed by atoms with van der Waals surface area (Å²) in [6, 6.07) is 17.5. The van der Waals surface area contributed by atoms with E-state index in [9.17, 15) is 4.79 Å². The molecule has 0 aliphatic rings. The van der Waals surface area contributed by atoms with Crippen molar-refractivity contribution in [1.82, 2.24) is 10.3 Å². The molecular weight excluding hydrogens is 320 g/mol. The number of thiazole rings is 1. The van der Waals surface area contributed by atoms with Gasteiger partial charge in [0.2, 0.25) is 0 Å². The Morgan fingerprint density at radius 1 is 1.12 bits per heavy atom. The molecule has 0 fully saturated rings. The number of carbonyl (C=O) groups is 1. The van der Waals surface area contributed by atoms with E-state index in [1.165, 1.54) is 5.56 Å². The molecule has 0 spiro atoms. The van der Waals surface area contributed by atoms with Crippen LogP contribution in [0.3, 0.4) is 0 Å². The number of ether oxygens (including phenoxy) is 1. The molecule has 0 radical (unpaired) electrons. The van der Waals surface area contributed by atoms with Crippen molar-refractivity contribution in [3.05, 3.63) is 71.2 Å². The Bertz CT molecular complexity index is 798. The standard InChI is InChI=1S/C19H18N2O2S/c1-14-7-9-15(10-8-14)19-21-16(13-24-19)11-20-18(22)12-23-17-5-3-2-4-6-17/h2-10,13H,11-12H2,1H3,(H,20,22). The Hall–Kier alpha value is -2.66. The third-order valence-electron chi connectivity index (χ3n) is 3.43. The maximum Gasteiger partial charge on any atom is 0.258 e. The van der Waals surface area contributed by atoms with Gasteiger partial charge >= 0.3 is 0 Å². The number of carbonyl (C=O) groups excluding carboxylic acids is 1. The van der Waals surface area contributed by atoms with Crippen molar-refractivity contribution >= 4 is 17.2 Å². The van der Waals surface area contributed by atoms with Crippen molar-refractivity contribution in [2.24, 2.45) is 0 Å². The van der Waals surface area contributed by atoms with Crippen LogP contribution in [-0.2, 0) is 11.3 Å². The molecule has 1 aromatic heterocycles. The molecule has 3 rings (SSSR count). The summed E-state index contributed by atoms with van der Waals surface area (Å²) in [6.07, 6.45) is 0. The van der Waals surface area contributed by atoms with Gasteiger partial charge in [0.25, 0.3) is 5.91 Å². The number of para-hydroxylation sites is 1. The van der Waals surface area contributed by atoms with Gasteiger partial charge in [-0.2, -0.15) is 0 Å². The molecule has 122 valence electrons. The Kier molecular flexibility index (Phi) is 5.23.